The molecule has 11 rings (SSSR count). The van der Waals surface area contributed by atoms with Crippen molar-refractivity contribution < 1.29 is 0 Å². The minimum atomic E-state index is 1.04. The van der Waals surface area contributed by atoms with Gasteiger partial charge in [-0.05, 0) is 123 Å². The van der Waals surface area contributed by atoms with E-state index in [4.69, 9.17) is 0 Å². The van der Waals surface area contributed by atoms with Gasteiger partial charge < -0.3 is 0 Å². The molecule has 0 bridgehead atoms. The molecular formula is C40H20N2. The third kappa shape index (κ3) is 2.40. The van der Waals surface area contributed by atoms with Crippen LogP contribution >= 0.6 is 0 Å². The van der Waals surface area contributed by atoms with E-state index in [1.165, 1.54) is 97.0 Å². The molecule has 190 valence electrons. The van der Waals surface area contributed by atoms with Gasteiger partial charge in [-0.3, -0.25) is 9.97 Å². The summed E-state index contributed by atoms with van der Waals surface area (Å²) in [6, 6.07) is 40.8. The van der Waals surface area contributed by atoms with Gasteiger partial charge in [0.05, 0.1) is 11.0 Å². The highest BCUT2D eigenvalue weighted by Crippen LogP contribution is 2.48. The molecule has 0 saturated carbocycles. The molecule has 0 unspecified atom stereocenters. The molecule has 0 fully saturated rings. The molecule has 2 heteroatoms. The Hall–Kier alpha value is -5.60. The lowest BCUT2D eigenvalue weighted by Crippen LogP contribution is -1.92. The maximum atomic E-state index is 4.62. The van der Waals surface area contributed by atoms with Crippen molar-refractivity contribution in [3.8, 4) is 0 Å². The Morgan fingerprint density at radius 3 is 1.12 bits per heavy atom. The molecule has 0 aliphatic rings. The average molecular weight is 529 g/mol. The Morgan fingerprint density at radius 2 is 0.667 bits per heavy atom. The van der Waals surface area contributed by atoms with Gasteiger partial charge in [-0.2, -0.15) is 0 Å². The van der Waals surface area contributed by atoms with Crippen LogP contribution in [0.25, 0.3) is 108 Å². The zero-order valence-electron chi connectivity index (χ0n) is 22.4. The summed E-state index contributed by atoms with van der Waals surface area (Å²) >= 11 is 0. The highest BCUT2D eigenvalue weighted by Gasteiger charge is 2.20. The van der Waals surface area contributed by atoms with Gasteiger partial charge in [-0.1, -0.05) is 72.8 Å². The van der Waals surface area contributed by atoms with Crippen molar-refractivity contribution in [2.45, 2.75) is 0 Å². The maximum absolute atomic E-state index is 4.62. The standard InChI is InChI=1S/C40H20N2/c1-3-25-33-19-21-5-7-29-32-12-10-28-24-14-16-36-26(4-2-18-42-36)34(24)20-22-6-8-30(40(32)38(22)28)31-11-9-27(37(21)39(29)31)23(33)13-15-35(25)41-17-1/h1-20H. The average Bonchev–Trinajstić information content (AvgIpc) is 3.05. The molecule has 0 amide bonds. The third-order valence-corrected chi connectivity index (χ3v) is 9.80. The van der Waals surface area contributed by atoms with E-state index in [-0.39, 0.29) is 0 Å². The van der Waals surface area contributed by atoms with Gasteiger partial charge in [0.2, 0.25) is 0 Å². The first-order valence-corrected chi connectivity index (χ1v) is 14.5. The van der Waals surface area contributed by atoms with E-state index in [0.29, 0.717) is 0 Å². The van der Waals surface area contributed by atoms with E-state index in [1.54, 1.807) is 0 Å². The normalized spacial score (nSPS) is 12.8. The number of benzene rings is 9. The lowest BCUT2D eigenvalue weighted by Gasteiger charge is -2.20. The number of hydrogen-bond donors (Lipinski definition) is 0. The fourth-order valence-corrected chi connectivity index (χ4v) is 8.07. The first-order chi connectivity index (χ1) is 20.8. The van der Waals surface area contributed by atoms with Crippen molar-refractivity contribution in [1.29, 1.82) is 0 Å². The SMILES string of the molecule is c1cnc2ccc3c(cc4ccc5c6ccc7c8ccc9ncccc9c8cc8ccc(c9ccc3c4c59)c6c87)c2c1. The Kier molecular flexibility index (Phi) is 3.62. The summed E-state index contributed by atoms with van der Waals surface area (Å²) in [5.74, 6) is 0. The number of fused-ring (bicyclic) bond motifs is 10. The van der Waals surface area contributed by atoms with Crippen LogP contribution in [-0.2, 0) is 0 Å². The van der Waals surface area contributed by atoms with Gasteiger partial charge in [0.1, 0.15) is 0 Å². The van der Waals surface area contributed by atoms with E-state index in [2.05, 4.69) is 107 Å². The van der Waals surface area contributed by atoms with Crippen LogP contribution in [0.15, 0.2) is 122 Å². The molecule has 2 heterocycles. The van der Waals surface area contributed by atoms with Gasteiger partial charge in [0.25, 0.3) is 0 Å². The summed E-state index contributed by atoms with van der Waals surface area (Å²) < 4.78 is 0. The van der Waals surface area contributed by atoms with Crippen LogP contribution in [0.1, 0.15) is 0 Å². The molecule has 42 heavy (non-hydrogen) atoms. The van der Waals surface area contributed by atoms with E-state index in [1.807, 2.05) is 24.5 Å². The fourth-order valence-electron chi connectivity index (χ4n) is 8.07. The van der Waals surface area contributed by atoms with Gasteiger partial charge >= 0.3 is 0 Å². The van der Waals surface area contributed by atoms with E-state index < -0.39 is 0 Å². The maximum Gasteiger partial charge on any atom is 0.0708 e. The molecule has 0 aliphatic heterocycles. The van der Waals surface area contributed by atoms with Crippen LogP contribution in [0.5, 0.6) is 0 Å². The quantitative estimate of drug-likeness (QED) is 0.144. The van der Waals surface area contributed by atoms with Crippen molar-refractivity contribution in [2.24, 2.45) is 0 Å². The number of aromatic nitrogens is 2. The Balaban J connectivity index is 1.35. The summed E-state index contributed by atoms with van der Waals surface area (Å²) in [5, 5.41) is 23.5. The highest BCUT2D eigenvalue weighted by molar-refractivity contribution is 6.42. The smallest absolute Gasteiger partial charge is 0.0708 e. The van der Waals surface area contributed by atoms with Gasteiger partial charge in [-0.25, -0.2) is 0 Å². The Labute approximate surface area is 239 Å². The molecule has 0 aliphatic carbocycles. The first kappa shape index (κ1) is 21.2. The fraction of sp³-hybridized carbons (Fsp3) is 0. The molecule has 0 radical (unpaired) electrons. The molecule has 0 atom stereocenters. The van der Waals surface area contributed by atoms with Gasteiger partial charge in [-0.15, -0.1) is 0 Å². The number of hydrogen-bond acceptors (Lipinski definition) is 2. The minimum absolute atomic E-state index is 1.04. The molecule has 2 aromatic heterocycles. The summed E-state index contributed by atoms with van der Waals surface area (Å²) in [4.78, 5) is 9.24. The molecule has 0 saturated heterocycles. The lowest BCUT2D eigenvalue weighted by atomic mass is 9.83. The Morgan fingerprint density at radius 1 is 0.286 bits per heavy atom. The lowest BCUT2D eigenvalue weighted by molar-refractivity contribution is 1.42. The molecule has 11 aromatic rings. The number of pyridine rings is 2. The van der Waals surface area contributed by atoms with Crippen molar-refractivity contribution in [3.05, 3.63) is 122 Å². The van der Waals surface area contributed by atoms with Gasteiger partial charge in [0.15, 0.2) is 0 Å². The van der Waals surface area contributed by atoms with Gasteiger partial charge in [0, 0.05) is 23.2 Å². The molecular weight excluding hydrogens is 508 g/mol. The second-order valence-electron chi connectivity index (χ2n) is 11.7. The van der Waals surface area contributed by atoms with Crippen LogP contribution in [0.2, 0.25) is 0 Å². The zero-order chi connectivity index (χ0) is 27.1. The second kappa shape index (κ2) is 7.18. The largest absolute Gasteiger partial charge is 0.256 e. The van der Waals surface area contributed by atoms with Crippen LogP contribution in [0.3, 0.4) is 0 Å². The topological polar surface area (TPSA) is 25.8 Å². The third-order valence-electron chi connectivity index (χ3n) is 9.80. The predicted molar refractivity (Wildman–Crippen MR) is 179 cm³/mol. The summed E-state index contributed by atoms with van der Waals surface area (Å²) in [7, 11) is 0. The molecule has 2 nitrogen and oxygen atoms in total. The first-order valence-electron chi connectivity index (χ1n) is 14.5. The van der Waals surface area contributed by atoms with Crippen molar-refractivity contribution in [1.82, 2.24) is 9.97 Å². The second-order valence-corrected chi connectivity index (χ2v) is 11.7. The summed E-state index contributed by atoms with van der Waals surface area (Å²) in [5.41, 5.74) is 2.08. The van der Waals surface area contributed by atoms with Crippen LogP contribution in [-0.4, -0.2) is 9.97 Å². The molecule has 9 aromatic carbocycles. The zero-order valence-corrected chi connectivity index (χ0v) is 22.4. The van der Waals surface area contributed by atoms with Crippen LogP contribution in [0.4, 0.5) is 0 Å². The van der Waals surface area contributed by atoms with E-state index in [9.17, 15) is 0 Å². The summed E-state index contributed by atoms with van der Waals surface area (Å²) in [6.45, 7) is 0. The monoisotopic (exact) mass is 528 g/mol. The van der Waals surface area contributed by atoms with Crippen LogP contribution < -0.4 is 0 Å². The van der Waals surface area contributed by atoms with Crippen molar-refractivity contribution >= 4 is 108 Å². The summed E-state index contributed by atoms with van der Waals surface area (Å²) in [6.07, 6.45) is 3.75. The molecule has 0 spiro atoms. The highest BCUT2D eigenvalue weighted by atomic mass is 14.6. The number of rotatable bonds is 0. The van der Waals surface area contributed by atoms with Crippen LogP contribution in [0, 0.1) is 0 Å². The minimum Gasteiger partial charge on any atom is -0.256 e. The van der Waals surface area contributed by atoms with E-state index in [0.717, 1.165) is 11.0 Å². The number of nitrogens with zero attached hydrogens (tertiary/aromatic N) is 2. The van der Waals surface area contributed by atoms with Crippen molar-refractivity contribution in [3.63, 3.8) is 0 Å². The molecule has 0 N–H and O–H groups in total. The van der Waals surface area contributed by atoms with Crippen molar-refractivity contribution in [2.75, 3.05) is 0 Å². The van der Waals surface area contributed by atoms with E-state index >= 15 is 0 Å². The predicted octanol–water partition coefficient (Wildman–Crippen LogP) is 10.9. The Bertz CT molecular complexity index is 2730.